The molecule has 0 unspecified atom stereocenters. The van der Waals surface area contributed by atoms with Gasteiger partial charge in [0.15, 0.2) is 5.58 Å². The highest BCUT2D eigenvalue weighted by Crippen LogP contribution is 2.28. The number of hydrogen-bond acceptors (Lipinski definition) is 6. The lowest BCUT2D eigenvalue weighted by Gasteiger charge is -2.39. The Bertz CT molecular complexity index is 677. The van der Waals surface area contributed by atoms with Crippen molar-refractivity contribution in [2.75, 3.05) is 18.7 Å². The van der Waals surface area contributed by atoms with Crippen LogP contribution in [0.25, 0.3) is 11.1 Å². The van der Waals surface area contributed by atoms with Gasteiger partial charge in [-0.2, -0.15) is 4.98 Å². The number of aromatic nitrogens is 1. The fraction of sp³-hybridized carbons (Fsp3) is 0.529. The Morgan fingerprint density at radius 2 is 2.13 bits per heavy atom. The summed E-state index contributed by atoms with van der Waals surface area (Å²) in [5, 5.41) is 6.48. The molecular weight excluding hydrogens is 290 g/mol. The van der Waals surface area contributed by atoms with Gasteiger partial charge in [0.2, 0.25) is 5.96 Å². The summed E-state index contributed by atoms with van der Waals surface area (Å²) in [5.41, 5.74) is 1.63. The van der Waals surface area contributed by atoms with Crippen LogP contribution in [0.3, 0.4) is 0 Å². The lowest BCUT2D eigenvalue weighted by molar-refractivity contribution is 0.107. The van der Waals surface area contributed by atoms with Crippen molar-refractivity contribution in [3.05, 3.63) is 24.3 Å². The molecule has 23 heavy (non-hydrogen) atoms. The summed E-state index contributed by atoms with van der Waals surface area (Å²) >= 11 is 0. The maximum atomic E-state index is 5.67. The van der Waals surface area contributed by atoms with Crippen molar-refractivity contribution in [1.29, 1.82) is 0 Å². The summed E-state index contributed by atoms with van der Waals surface area (Å²) in [6, 6.07) is 8.87. The number of nitrogens with zero attached hydrogens (tertiary/aromatic N) is 3. The lowest BCUT2D eigenvalue weighted by atomic mass is 9.85. The van der Waals surface area contributed by atoms with Crippen molar-refractivity contribution in [2.24, 2.45) is 10.9 Å². The minimum Gasteiger partial charge on any atom is -0.423 e. The number of nitrogens with one attached hydrogen (secondary N) is 2. The molecule has 2 aromatic rings. The van der Waals surface area contributed by atoms with E-state index in [0.29, 0.717) is 12.1 Å². The molecule has 6 nitrogen and oxygen atoms in total. The van der Waals surface area contributed by atoms with E-state index in [9.17, 15) is 0 Å². The van der Waals surface area contributed by atoms with Crippen LogP contribution in [0.5, 0.6) is 0 Å². The third-order valence-corrected chi connectivity index (χ3v) is 4.91. The van der Waals surface area contributed by atoms with E-state index in [4.69, 9.17) is 4.42 Å². The van der Waals surface area contributed by atoms with Gasteiger partial charge in [0, 0.05) is 6.04 Å². The Labute approximate surface area is 136 Å². The van der Waals surface area contributed by atoms with Gasteiger partial charge in [-0.1, -0.05) is 31.9 Å². The minimum absolute atomic E-state index is 0.483. The first-order valence-corrected chi connectivity index (χ1v) is 8.44. The van der Waals surface area contributed by atoms with Crippen molar-refractivity contribution in [3.63, 3.8) is 0 Å². The second-order valence-electron chi connectivity index (χ2n) is 6.51. The van der Waals surface area contributed by atoms with Crippen molar-refractivity contribution in [1.82, 2.24) is 15.2 Å². The number of fused-ring (bicyclic) bond motifs is 1. The van der Waals surface area contributed by atoms with Crippen molar-refractivity contribution >= 4 is 23.1 Å². The zero-order valence-electron chi connectivity index (χ0n) is 13.5. The van der Waals surface area contributed by atoms with Gasteiger partial charge in [-0.25, -0.2) is 4.99 Å². The highest BCUT2D eigenvalue weighted by molar-refractivity contribution is 5.93. The SMILES string of the molecule is C[C@H]1CCCC[C@@H]1N1CN=C(Nc2nc3ccccc3o2)NC1. The van der Waals surface area contributed by atoms with Crippen LogP contribution in [-0.2, 0) is 0 Å². The fourth-order valence-corrected chi connectivity index (χ4v) is 3.62. The summed E-state index contributed by atoms with van der Waals surface area (Å²) in [7, 11) is 0. The molecule has 0 radical (unpaired) electrons. The van der Waals surface area contributed by atoms with E-state index in [1.165, 1.54) is 25.7 Å². The molecule has 1 saturated carbocycles. The first kappa shape index (κ1) is 14.5. The Morgan fingerprint density at radius 3 is 2.91 bits per heavy atom. The quantitative estimate of drug-likeness (QED) is 0.892. The standard InChI is InChI=1S/C17H23N5O/c1-12-6-2-4-8-14(12)22-10-18-16(19-11-22)21-17-20-13-7-3-5-9-15(13)23-17/h3,5,7,9,12,14H,2,4,6,8,10-11H2,1H3,(H2,18,19,20,21)/t12-,14-/m0/s1. The van der Waals surface area contributed by atoms with Gasteiger partial charge in [0.1, 0.15) is 5.52 Å². The number of rotatable bonds is 2. The molecule has 0 amide bonds. The van der Waals surface area contributed by atoms with Crippen molar-refractivity contribution in [3.8, 4) is 0 Å². The van der Waals surface area contributed by atoms with Gasteiger partial charge < -0.3 is 9.73 Å². The average Bonchev–Trinajstić information content (AvgIpc) is 2.98. The number of aliphatic imine (C=N–C) groups is 1. The summed E-state index contributed by atoms with van der Waals surface area (Å²) in [4.78, 5) is 11.5. The van der Waals surface area contributed by atoms with Gasteiger partial charge in [-0.3, -0.25) is 10.2 Å². The van der Waals surface area contributed by atoms with E-state index < -0.39 is 0 Å². The van der Waals surface area contributed by atoms with E-state index in [-0.39, 0.29) is 0 Å². The first-order valence-electron chi connectivity index (χ1n) is 8.44. The number of benzene rings is 1. The van der Waals surface area contributed by atoms with Gasteiger partial charge >= 0.3 is 6.01 Å². The Kier molecular flexibility index (Phi) is 3.91. The van der Waals surface area contributed by atoms with Crippen LogP contribution in [0.4, 0.5) is 6.01 Å². The molecule has 122 valence electrons. The maximum absolute atomic E-state index is 5.67. The van der Waals surface area contributed by atoms with E-state index in [0.717, 1.165) is 36.3 Å². The number of oxazole rings is 1. The number of hydrogen-bond donors (Lipinski definition) is 2. The van der Waals surface area contributed by atoms with Gasteiger partial charge in [0.25, 0.3) is 0 Å². The Morgan fingerprint density at radius 1 is 1.26 bits per heavy atom. The highest BCUT2D eigenvalue weighted by Gasteiger charge is 2.28. The van der Waals surface area contributed by atoms with Crippen molar-refractivity contribution < 1.29 is 4.42 Å². The van der Waals surface area contributed by atoms with Crippen LogP contribution in [0.2, 0.25) is 0 Å². The maximum Gasteiger partial charge on any atom is 0.302 e. The minimum atomic E-state index is 0.483. The molecule has 6 heteroatoms. The number of guanidine groups is 1. The molecule has 4 rings (SSSR count). The fourth-order valence-electron chi connectivity index (χ4n) is 3.62. The summed E-state index contributed by atoms with van der Waals surface area (Å²) in [6.07, 6.45) is 5.32. The number of para-hydroxylation sites is 2. The van der Waals surface area contributed by atoms with Crippen LogP contribution in [-0.4, -0.2) is 35.2 Å². The monoisotopic (exact) mass is 313 g/mol. The van der Waals surface area contributed by atoms with Crippen LogP contribution >= 0.6 is 0 Å². The van der Waals surface area contributed by atoms with E-state index >= 15 is 0 Å². The molecule has 2 N–H and O–H groups in total. The second-order valence-corrected chi connectivity index (χ2v) is 6.51. The van der Waals surface area contributed by atoms with E-state index in [1.54, 1.807) is 0 Å². The third-order valence-electron chi connectivity index (χ3n) is 4.91. The predicted octanol–water partition coefficient (Wildman–Crippen LogP) is 2.99. The predicted molar refractivity (Wildman–Crippen MR) is 91.2 cm³/mol. The van der Waals surface area contributed by atoms with E-state index in [2.05, 4.69) is 32.4 Å². The van der Waals surface area contributed by atoms with Gasteiger partial charge in [-0.05, 0) is 30.9 Å². The largest absolute Gasteiger partial charge is 0.423 e. The normalized spacial score (nSPS) is 25.9. The van der Waals surface area contributed by atoms with E-state index in [1.807, 2.05) is 24.3 Å². The molecule has 2 aliphatic rings. The summed E-state index contributed by atoms with van der Waals surface area (Å²) < 4.78 is 5.67. The molecule has 2 atom stereocenters. The molecular formula is C17H23N5O. The molecule has 0 saturated heterocycles. The van der Waals surface area contributed by atoms with Crippen LogP contribution in [0.15, 0.2) is 33.7 Å². The van der Waals surface area contributed by atoms with Gasteiger partial charge in [-0.15, -0.1) is 0 Å². The molecule has 1 aliphatic heterocycles. The van der Waals surface area contributed by atoms with Crippen LogP contribution in [0, 0.1) is 5.92 Å². The third kappa shape index (κ3) is 3.03. The highest BCUT2D eigenvalue weighted by atomic mass is 16.4. The Hall–Kier alpha value is -2.08. The molecule has 2 heterocycles. The zero-order chi connectivity index (χ0) is 15.6. The number of anilines is 1. The molecule has 1 aromatic carbocycles. The van der Waals surface area contributed by atoms with Crippen molar-refractivity contribution in [2.45, 2.75) is 38.6 Å². The second kappa shape index (κ2) is 6.20. The Balaban J connectivity index is 1.41. The summed E-state index contributed by atoms with van der Waals surface area (Å²) in [6.45, 7) is 3.91. The molecule has 1 aliphatic carbocycles. The first-order chi connectivity index (χ1) is 11.3. The topological polar surface area (TPSA) is 65.7 Å². The molecule has 1 fully saturated rings. The average molecular weight is 313 g/mol. The molecule has 1 aromatic heterocycles. The smallest absolute Gasteiger partial charge is 0.302 e. The zero-order valence-corrected chi connectivity index (χ0v) is 13.5. The molecule has 0 bridgehead atoms. The lowest BCUT2D eigenvalue weighted by Crippen LogP contribution is -2.52. The van der Waals surface area contributed by atoms with Gasteiger partial charge in [0.05, 0.1) is 13.3 Å². The molecule has 0 spiro atoms. The van der Waals surface area contributed by atoms with Crippen LogP contribution < -0.4 is 10.6 Å². The van der Waals surface area contributed by atoms with Crippen LogP contribution in [0.1, 0.15) is 32.6 Å². The summed E-state index contributed by atoms with van der Waals surface area (Å²) in [5.74, 6) is 1.49.